The van der Waals surface area contributed by atoms with Crippen LogP contribution in [0.15, 0.2) is 0 Å². The van der Waals surface area contributed by atoms with E-state index in [0.717, 1.165) is 19.7 Å². The molecule has 2 radical (unpaired) electrons. The Morgan fingerprint density at radius 2 is 1.72 bits per heavy atom. The van der Waals surface area contributed by atoms with Gasteiger partial charge in [-0.3, -0.25) is 7.05 Å². The number of hydrogen-bond donors (Lipinski definition) is 0. The Morgan fingerprint density at radius 1 is 1.22 bits per heavy atom. The second kappa shape index (κ2) is 9.21. The van der Waals surface area contributed by atoms with Crippen LogP contribution in [0.1, 0.15) is 26.7 Å². The van der Waals surface area contributed by atoms with E-state index >= 15 is 0 Å². The van der Waals surface area contributed by atoms with Crippen LogP contribution < -0.4 is 0 Å². The van der Waals surface area contributed by atoms with Crippen molar-refractivity contribution in [3.8, 4) is 0 Å². The molecule has 1 fully saturated rings. The maximum Gasteiger partial charge on any atom is 0.0537 e. The van der Waals surface area contributed by atoms with Crippen LogP contribution in [0.25, 0.3) is 0 Å². The van der Waals surface area contributed by atoms with Gasteiger partial charge in [-0.15, -0.1) is 6.54 Å². The molecule has 0 N–H and O–H groups in total. The van der Waals surface area contributed by atoms with Crippen molar-refractivity contribution in [1.29, 1.82) is 0 Å². The largest absolute Gasteiger partial charge is 0.464 e. The average Bonchev–Trinajstić information content (AvgIpc) is 2.78. The number of ether oxygens (including phenoxy) is 1. The monoisotopic (exact) mass is 401 g/mol. The van der Waals surface area contributed by atoms with Crippen molar-refractivity contribution in [3.05, 3.63) is 27.8 Å². The van der Waals surface area contributed by atoms with E-state index < -0.39 is 5.41 Å². The molecule has 18 heavy (non-hydrogen) atoms. The molecule has 0 amide bonds. The van der Waals surface area contributed by atoms with Gasteiger partial charge in [0.05, 0.1) is 12.7 Å². The Labute approximate surface area is 164 Å². The van der Waals surface area contributed by atoms with Gasteiger partial charge in [0.15, 0.2) is 0 Å². The second-order valence-corrected chi connectivity index (χ2v) is 5.85. The predicted molar refractivity (Wildman–Crippen MR) is 68.2 cm³/mol. The van der Waals surface area contributed by atoms with Crippen molar-refractivity contribution in [2.24, 2.45) is 10.8 Å². The minimum absolute atomic E-state index is 0. The summed E-state index contributed by atoms with van der Waals surface area (Å²) in [5.74, 6) is 0. The molecule has 2 nitrogen and oxygen atoms in total. The van der Waals surface area contributed by atoms with Gasteiger partial charge in [0, 0.05) is 70.8 Å². The average molecular weight is 401 g/mol. The first-order chi connectivity index (χ1) is 7.22. The molecule has 0 aromatic rings. The van der Waals surface area contributed by atoms with Gasteiger partial charge in [0.25, 0.3) is 0 Å². The van der Waals surface area contributed by atoms with Crippen LogP contribution in [0.3, 0.4) is 0 Å². The van der Waals surface area contributed by atoms with Gasteiger partial charge in [-0.05, 0) is 33.2 Å². The van der Waals surface area contributed by atoms with Gasteiger partial charge in [0.1, 0.15) is 0 Å². The Bertz CT molecular complexity index is 222. The van der Waals surface area contributed by atoms with E-state index in [9.17, 15) is 0 Å². The third-order valence-electron chi connectivity index (χ3n) is 2.80. The first-order valence-corrected chi connectivity index (χ1v) is 5.96. The van der Waals surface area contributed by atoms with Crippen LogP contribution in [0.2, 0.25) is 0 Å². The van der Waals surface area contributed by atoms with Crippen LogP contribution in [0.4, 0.5) is 0 Å². The molecule has 0 unspecified atom stereocenters. The molecule has 0 spiro atoms. The summed E-state index contributed by atoms with van der Waals surface area (Å²) >= 11 is 0. The van der Waals surface area contributed by atoms with Crippen LogP contribution in [-0.2, 0) is 70.2 Å². The van der Waals surface area contributed by atoms with Gasteiger partial charge >= 0.3 is 0 Å². The van der Waals surface area contributed by atoms with Crippen LogP contribution >= 0.6 is 0 Å². The van der Waals surface area contributed by atoms with Gasteiger partial charge in [-0.25, -0.2) is 0 Å². The Hall–Kier alpha value is 2.13. The molecule has 0 aromatic heterocycles. The van der Waals surface area contributed by atoms with Crippen molar-refractivity contribution < 1.29 is 70.2 Å². The SMILES string of the molecule is [CH2-]N(CC([CH2-])([CH2-])[CH2-])CC1(COC(C)C)CC1.[Y].[Y]. The molecule has 1 aliphatic carbocycles. The number of rotatable bonds is 7. The van der Waals surface area contributed by atoms with Gasteiger partial charge in [-0.1, -0.05) is 0 Å². The van der Waals surface area contributed by atoms with E-state index in [1.165, 1.54) is 12.8 Å². The zero-order valence-electron chi connectivity index (χ0n) is 12.0. The zero-order chi connectivity index (χ0) is 12.4. The van der Waals surface area contributed by atoms with Crippen molar-refractivity contribution in [2.45, 2.75) is 32.8 Å². The Balaban J connectivity index is 0. The molecular formula is C14H25NOY2-4. The summed E-state index contributed by atoms with van der Waals surface area (Å²) in [5, 5.41) is 0. The normalized spacial score (nSPS) is 17.3. The molecular weight excluding hydrogens is 376 g/mol. The van der Waals surface area contributed by atoms with Crippen molar-refractivity contribution in [1.82, 2.24) is 4.90 Å². The van der Waals surface area contributed by atoms with Crippen molar-refractivity contribution >= 4 is 0 Å². The minimum Gasteiger partial charge on any atom is -0.464 e. The smallest absolute Gasteiger partial charge is 0.0537 e. The Morgan fingerprint density at radius 3 is 2.06 bits per heavy atom. The molecule has 0 aromatic carbocycles. The van der Waals surface area contributed by atoms with E-state index in [2.05, 4.69) is 41.7 Å². The summed E-state index contributed by atoms with van der Waals surface area (Å²) in [5.41, 5.74) is -0.0893. The topological polar surface area (TPSA) is 12.5 Å². The van der Waals surface area contributed by atoms with E-state index in [1.54, 1.807) is 0 Å². The summed E-state index contributed by atoms with van der Waals surface area (Å²) in [4.78, 5) is 2.03. The molecule has 0 bridgehead atoms. The molecule has 1 rings (SSSR count). The first-order valence-electron chi connectivity index (χ1n) is 5.96. The van der Waals surface area contributed by atoms with Crippen molar-refractivity contribution in [3.63, 3.8) is 0 Å². The van der Waals surface area contributed by atoms with E-state index in [-0.39, 0.29) is 65.4 Å². The van der Waals surface area contributed by atoms with Crippen LogP contribution in [0, 0.1) is 38.6 Å². The maximum absolute atomic E-state index is 5.70. The number of hydrogen-bond acceptors (Lipinski definition) is 2. The fourth-order valence-electron chi connectivity index (χ4n) is 1.87. The van der Waals surface area contributed by atoms with E-state index in [4.69, 9.17) is 4.74 Å². The molecule has 0 saturated heterocycles. The molecule has 0 atom stereocenters. The molecule has 4 heteroatoms. The quantitative estimate of drug-likeness (QED) is 0.609. The van der Waals surface area contributed by atoms with E-state index in [0.29, 0.717) is 11.5 Å². The van der Waals surface area contributed by atoms with E-state index in [1.807, 2.05) is 4.90 Å². The summed E-state index contributed by atoms with van der Waals surface area (Å²) in [6.07, 6.45) is 2.79. The summed E-state index contributed by atoms with van der Waals surface area (Å²) in [7, 11) is 4.03. The third-order valence-corrected chi connectivity index (χ3v) is 2.80. The maximum atomic E-state index is 5.70. The van der Waals surface area contributed by atoms with Crippen LogP contribution in [-0.4, -0.2) is 30.7 Å². The summed E-state index contributed by atoms with van der Waals surface area (Å²) < 4.78 is 5.70. The molecule has 0 heterocycles. The standard InChI is InChI=1S/C14H25NO.2Y/c1-12(2)16-11-14(7-8-14)10-15(6)9-13(3,4)5;;/h12H,3-11H2,1-2H3;;/q-4;;. The van der Waals surface area contributed by atoms with Crippen molar-refractivity contribution in [2.75, 3.05) is 19.7 Å². The molecule has 102 valence electrons. The summed E-state index contributed by atoms with van der Waals surface area (Å²) in [6, 6.07) is 0. The molecule has 1 aliphatic rings. The molecule has 0 aliphatic heterocycles. The minimum atomic E-state index is -0.420. The molecule has 1 saturated carbocycles. The van der Waals surface area contributed by atoms with Gasteiger partial charge in [-0.2, -0.15) is 0 Å². The zero-order valence-corrected chi connectivity index (χ0v) is 17.6. The number of nitrogens with zero attached hydrogens (tertiary/aromatic N) is 1. The first kappa shape index (κ1) is 22.4. The fraction of sp³-hybridized carbons (Fsp3) is 0.714. The third kappa shape index (κ3) is 9.94. The summed E-state index contributed by atoms with van der Waals surface area (Å²) in [6.45, 7) is 18.4. The second-order valence-electron chi connectivity index (χ2n) is 5.85. The van der Waals surface area contributed by atoms with Gasteiger partial charge in [0.2, 0.25) is 0 Å². The van der Waals surface area contributed by atoms with Gasteiger partial charge < -0.3 is 35.8 Å². The predicted octanol–water partition coefficient (Wildman–Crippen LogP) is 2.77. The fourth-order valence-corrected chi connectivity index (χ4v) is 1.87. The van der Waals surface area contributed by atoms with Crippen LogP contribution in [0.5, 0.6) is 0 Å². The Kier molecular flexibility index (Phi) is 11.5.